The highest BCUT2D eigenvalue weighted by atomic mass is 35.5. The molecule has 0 saturated carbocycles. The number of urea groups is 1. The molecule has 0 saturated heterocycles. The molecule has 1 aromatic rings. The quantitative estimate of drug-likeness (QED) is 0.762. The molecule has 0 heterocycles. The highest BCUT2D eigenvalue weighted by molar-refractivity contribution is 6.31. The summed E-state index contributed by atoms with van der Waals surface area (Å²) in [6, 6.07) is 5.10. The van der Waals surface area contributed by atoms with E-state index in [-0.39, 0.29) is 6.03 Å². The molecule has 0 aromatic heterocycles. The number of benzene rings is 1. The molecule has 0 fully saturated rings. The van der Waals surface area contributed by atoms with Crippen molar-refractivity contribution >= 4 is 23.3 Å². The van der Waals surface area contributed by atoms with Crippen LogP contribution in [0.4, 0.5) is 10.5 Å². The van der Waals surface area contributed by atoms with Crippen molar-refractivity contribution in [2.75, 3.05) is 11.9 Å². The van der Waals surface area contributed by atoms with E-state index in [1.165, 1.54) is 0 Å². The lowest BCUT2D eigenvalue weighted by molar-refractivity contribution is 0.253. The summed E-state index contributed by atoms with van der Waals surface area (Å²) in [6.45, 7) is 5.84. The Morgan fingerprint density at radius 2 is 2.33 bits per heavy atom. The Balaban J connectivity index is 2.60. The van der Waals surface area contributed by atoms with E-state index in [0.717, 1.165) is 5.56 Å². The average molecular weight is 225 g/mol. The van der Waals surface area contributed by atoms with Crippen LogP contribution in [0.2, 0.25) is 5.02 Å². The zero-order valence-corrected chi connectivity index (χ0v) is 9.27. The van der Waals surface area contributed by atoms with Gasteiger partial charge in [-0.2, -0.15) is 0 Å². The van der Waals surface area contributed by atoms with Crippen molar-refractivity contribution in [3.05, 3.63) is 41.4 Å². The topological polar surface area (TPSA) is 41.1 Å². The molecule has 0 aliphatic carbocycles. The molecular weight excluding hydrogens is 212 g/mol. The van der Waals surface area contributed by atoms with Gasteiger partial charge in [0.2, 0.25) is 0 Å². The van der Waals surface area contributed by atoms with E-state index in [1.54, 1.807) is 18.2 Å². The number of aryl methyl sites for hydroxylation is 1. The van der Waals surface area contributed by atoms with Crippen molar-refractivity contribution in [2.45, 2.75) is 6.92 Å². The number of amides is 2. The van der Waals surface area contributed by atoms with Gasteiger partial charge in [0.05, 0.1) is 0 Å². The molecule has 2 amide bonds. The van der Waals surface area contributed by atoms with Crippen LogP contribution in [0, 0.1) is 6.92 Å². The van der Waals surface area contributed by atoms with E-state index >= 15 is 0 Å². The van der Waals surface area contributed by atoms with Crippen LogP contribution in [0.5, 0.6) is 0 Å². The Morgan fingerprint density at radius 1 is 1.60 bits per heavy atom. The summed E-state index contributed by atoms with van der Waals surface area (Å²) < 4.78 is 0. The highest BCUT2D eigenvalue weighted by Gasteiger charge is 2.01. The van der Waals surface area contributed by atoms with Gasteiger partial charge in [0.25, 0.3) is 0 Å². The molecule has 80 valence electrons. The summed E-state index contributed by atoms with van der Waals surface area (Å²) in [5.41, 5.74) is 1.65. The van der Waals surface area contributed by atoms with Crippen LogP contribution in [0.15, 0.2) is 30.9 Å². The van der Waals surface area contributed by atoms with Gasteiger partial charge in [-0.05, 0) is 24.6 Å². The van der Waals surface area contributed by atoms with E-state index in [0.29, 0.717) is 17.3 Å². The molecular formula is C11H13ClN2O. The smallest absolute Gasteiger partial charge is 0.319 e. The van der Waals surface area contributed by atoms with Crippen LogP contribution >= 0.6 is 11.6 Å². The van der Waals surface area contributed by atoms with Gasteiger partial charge in [-0.1, -0.05) is 23.7 Å². The first-order valence-corrected chi connectivity index (χ1v) is 4.93. The minimum absolute atomic E-state index is 0.269. The molecule has 0 bridgehead atoms. The molecule has 2 N–H and O–H groups in total. The second-order valence-electron chi connectivity index (χ2n) is 3.09. The lowest BCUT2D eigenvalue weighted by Crippen LogP contribution is -2.28. The molecule has 1 rings (SSSR count). The average Bonchev–Trinajstić information content (AvgIpc) is 2.20. The second kappa shape index (κ2) is 5.41. The maximum absolute atomic E-state index is 11.3. The predicted octanol–water partition coefficient (Wildman–Crippen LogP) is 2.96. The van der Waals surface area contributed by atoms with Gasteiger partial charge in [0.15, 0.2) is 0 Å². The largest absolute Gasteiger partial charge is 0.334 e. The first-order valence-electron chi connectivity index (χ1n) is 4.55. The Labute approximate surface area is 94.1 Å². The summed E-state index contributed by atoms with van der Waals surface area (Å²) in [5, 5.41) is 5.90. The summed E-state index contributed by atoms with van der Waals surface area (Å²) in [4.78, 5) is 11.3. The SMILES string of the molecule is C=CCNC(=O)Nc1ccc(C)c(Cl)c1. The number of hydrogen-bond acceptors (Lipinski definition) is 1. The number of halogens is 1. The Hall–Kier alpha value is -1.48. The van der Waals surface area contributed by atoms with E-state index in [9.17, 15) is 4.79 Å². The van der Waals surface area contributed by atoms with Gasteiger partial charge in [0, 0.05) is 17.3 Å². The molecule has 0 spiro atoms. The third-order valence-electron chi connectivity index (χ3n) is 1.84. The maximum Gasteiger partial charge on any atom is 0.319 e. The fourth-order valence-corrected chi connectivity index (χ4v) is 1.19. The molecule has 1 aromatic carbocycles. The van der Waals surface area contributed by atoms with E-state index in [1.807, 2.05) is 13.0 Å². The van der Waals surface area contributed by atoms with Crippen LogP contribution < -0.4 is 10.6 Å². The van der Waals surface area contributed by atoms with Crippen molar-refractivity contribution in [3.63, 3.8) is 0 Å². The highest BCUT2D eigenvalue weighted by Crippen LogP contribution is 2.19. The maximum atomic E-state index is 11.3. The molecule has 15 heavy (non-hydrogen) atoms. The number of nitrogens with one attached hydrogen (secondary N) is 2. The van der Waals surface area contributed by atoms with Crippen LogP contribution in [-0.4, -0.2) is 12.6 Å². The third-order valence-corrected chi connectivity index (χ3v) is 2.24. The molecule has 0 aliphatic heterocycles. The van der Waals surface area contributed by atoms with Gasteiger partial charge in [-0.3, -0.25) is 0 Å². The van der Waals surface area contributed by atoms with Crippen LogP contribution in [-0.2, 0) is 0 Å². The van der Waals surface area contributed by atoms with Crippen molar-refractivity contribution in [1.29, 1.82) is 0 Å². The fourth-order valence-electron chi connectivity index (χ4n) is 1.01. The lowest BCUT2D eigenvalue weighted by Gasteiger charge is -2.07. The van der Waals surface area contributed by atoms with Gasteiger partial charge in [0.1, 0.15) is 0 Å². The molecule has 4 heteroatoms. The van der Waals surface area contributed by atoms with E-state index in [4.69, 9.17) is 11.6 Å². The van der Waals surface area contributed by atoms with Crippen LogP contribution in [0.3, 0.4) is 0 Å². The van der Waals surface area contributed by atoms with Crippen molar-refractivity contribution in [1.82, 2.24) is 5.32 Å². The minimum atomic E-state index is -0.269. The van der Waals surface area contributed by atoms with Gasteiger partial charge in [-0.15, -0.1) is 6.58 Å². The van der Waals surface area contributed by atoms with Crippen molar-refractivity contribution in [2.24, 2.45) is 0 Å². The monoisotopic (exact) mass is 224 g/mol. The normalized spacial score (nSPS) is 9.47. The first kappa shape index (κ1) is 11.6. The third kappa shape index (κ3) is 3.64. The summed E-state index contributed by atoms with van der Waals surface area (Å²) >= 11 is 5.91. The number of carbonyl (C=O) groups is 1. The molecule has 3 nitrogen and oxygen atoms in total. The summed E-state index contributed by atoms with van der Waals surface area (Å²) in [6.07, 6.45) is 1.61. The fraction of sp³-hybridized carbons (Fsp3) is 0.182. The molecule has 0 radical (unpaired) electrons. The van der Waals surface area contributed by atoms with E-state index < -0.39 is 0 Å². The van der Waals surface area contributed by atoms with Crippen molar-refractivity contribution < 1.29 is 4.79 Å². The van der Waals surface area contributed by atoms with Gasteiger partial charge >= 0.3 is 6.03 Å². The Morgan fingerprint density at radius 3 is 2.93 bits per heavy atom. The molecule has 0 aliphatic rings. The van der Waals surface area contributed by atoms with Crippen molar-refractivity contribution in [3.8, 4) is 0 Å². The number of hydrogen-bond donors (Lipinski definition) is 2. The molecule has 0 unspecified atom stereocenters. The Kier molecular flexibility index (Phi) is 4.18. The Bertz CT molecular complexity index is 377. The van der Waals surface area contributed by atoms with Crippen LogP contribution in [0.25, 0.3) is 0 Å². The first-order chi connectivity index (χ1) is 7.13. The molecule has 0 atom stereocenters. The van der Waals surface area contributed by atoms with Gasteiger partial charge in [-0.25, -0.2) is 4.79 Å². The predicted molar refractivity (Wildman–Crippen MR) is 63.4 cm³/mol. The number of carbonyl (C=O) groups excluding carboxylic acids is 1. The van der Waals surface area contributed by atoms with E-state index in [2.05, 4.69) is 17.2 Å². The second-order valence-corrected chi connectivity index (χ2v) is 3.49. The number of rotatable bonds is 3. The minimum Gasteiger partial charge on any atom is -0.334 e. The zero-order valence-electron chi connectivity index (χ0n) is 8.51. The lowest BCUT2D eigenvalue weighted by atomic mass is 10.2. The van der Waals surface area contributed by atoms with Crippen LogP contribution in [0.1, 0.15) is 5.56 Å². The van der Waals surface area contributed by atoms with Gasteiger partial charge < -0.3 is 10.6 Å². The summed E-state index contributed by atoms with van der Waals surface area (Å²) in [5.74, 6) is 0. The number of anilines is 1. The standard InChI is InChI=1S/C11H13ClN2O/c1-3-6-13-11(15)14-9-5-4-8(2)10(12)7-9/h3-5,7H,1,6H2,2H3,(H2,13,14,15). The summed E-state index contributed by atoms with van der Waals surface area (Å²) in [7, 11) is 0. The zero-order chi connectivity index (χ0) is 11.3.